The molecule has 0 spiro atoms. The van der Waals surface area contributed by atoms with Gasteiger partial charge in [-0.3, -0.25) is 4.79 Å². The van der Waals surface area contributed by atoms with E-state index in [0.29, 0.717) is 37.6 Å². The standard InChI is InChI=1S/C19H22N2O3S/c1-19(2,3)18-20-16(24-21-18)9-6-10-17(22)23-11-13-12-25-15-8-5-4-7-14(13)15/h4-5,7-8,12H,6,9-11H2,1-3H3. The molecule has 5 nitrogen and oxygen atoms in total. The fraction of sp³-hybridized carbons (Fsp3) is 0.421. The molecule has 0 fully saturated rings. The average molecular weight is 358 g/mol. The molecular weight excluding hydrogens is 336 g/mol. The van der Waals surface area contributed by atoms with Gasteiger partial charge in [0.1, 0.15) is 6.61 Å². The van der Waals surface area contributed by atoms with Crippen molar-refractivity contribution < 1.29 is 14.1 Å². The van der Waals surface area contributed by atoms with Crippen molar-refractivity contribution in [2.24, 2.45) is 0 Å². The Morgan fingerprint density at radius 3 is 2.84 bits per heavy atom. The van der Waals surface area contributed by atoms with E-state index in [2.05, 4.69) is 22.3 Å². The first-order valence-corrected chi connectivity index (χ1v) is 9.25. The molecule has 0 radical (unpaired) electrons. The zero-order valence-electron chi connectivity index (χ0n) is 14.7. The number of carbonyl (C=O) groups is 1. The summed E-state index contributed by atoms with van der Waals surface area (Å²) in [5.41, 5.74) is 0.921. The Balaban J connectivity index is 1.45. The summed E-state index contributed by atoms with van der Waals surface area (Å²) in [6, 6.07) is 8.13. The molecule has 6 heteroatoms. The fourth-order valence-corrected chi connectivity index (χ4v) is 3.37. The summed E-state index contributed by atoms with van der Waals surface area (Å²) in [7, 11) is 0. The van der Waals surface area contributed by atoms with E-state index in [9.17, 15) is 4.79 Å². The minimum absolute atomic E-state index is 0.135. The average Bonchev–Trinajstić information content (AvgIpc) is 3.19. The Bertz CT molecular complexity index is 861. The number of esters is 1. The van der Waals surface area contributed by atoms with Gasteiger partial charge >= 0.3 is 5.97 Å². The number of thiophene rings is 1. The highest BCUT2D eigenvalue weighted by Gasteiger charge is 2.20. The van der Waals surface area contributed by atoms with Crippen molar-refractivity contribution in [3.8, 4) is 0 Å². The highest BCUT2D eigenvalue weighted by Crippen LogP contribution is 2.26. The molecule has 0 aliphatic heterocycles. The van der Waals surface area contributed by atoms with Gasteiger partial charge in [0.05, 0.1) is 0 Å². The van der Waals surface area contributed by atoms with E-state index < -0.39 is 0 Å². The van der Waals surface area contributed by atoms with Crippen molar-refractivity contribution in [2.45, 2.75) is 52.1 Å². The minimum atomic E-state index is -0.203. The topological polar surface area (TPSA) is 65.2 Å². The van der Waals surface area contributed by atoms with Crippen LogP contribution in [-0.2, 0) is 28.0 Å². The number of aromatic nitrogens is 2. The number of hydrogen-bond acceptors (Lipinski definition) is 6. The van der Waals surface area contributed by atoms with E-state index in [4.69, 9.17) is 9.26 Å². The lowest BCUT2D eigenvalue weighted by atomic mass is 9.96. The van der Waals surface area contributed by atoms with Gasteiger partial charge in [0.15, 0.2) is 5.82 Å². The lowest BCUT2D eigenvalue weighted by Gasteiger charge is -2.10. The highest BCUT2D eigenvalue weighted by atomic mass is 32.1. The number of carbonyl (C=O) groups excluding carboxylic acids is 1. The number of rotatable bonds is 6. The number of ether oxygens (including phenoxy) is 1. The van der Waals surface area contributed by atoms with Gasteiger partial charge in [-0.05, 0) is 23.3 Å². The molecule has 0 saturated heterocycles. The maximum absolute atomic E-state index is 11.9. The van der Waals surface area contributed by atoms with E-state index in [1.54, 1.807) is 11.3 Å². The Hall–Kier alpha value is -2.21. The van der Waals surface area contributed by atoms with Crippen LogP contribution >= 0.6 is 11.3 Å². The molecule has 0 bridgehead atoms. The van der Waals surface area contributed by atoms with Gasteiger partial charge in [-0.1, -0.05) is 44.1 Å². The lowest BCUT2D eigenvalue weighted by Crippen LogP contribution is -2.13. The van der Waals surface area contributed by atoms with E-state index in [0.717, 1.165) is 10.9 Å². The summed E-state index contributed by atoms with van der Waals surface area (Å²) in [5, 5.41) is 7.18. The molecular formula is C19H22N2O3S. The summed E-state index contributed by atoms with van der Waals surface area (Å²) >= 11 is 1.67. The van der Waals surface area contributed by atoms with Gasteiger partial charge in [0.25, 0.3) is 0 Å². The van der Waals surface area contributed by atoms with Gasteiger partial charge < -0.3 is 9.26 Å². The first-order valence-electron chi connectivity index (χ1n) is 8.37. The van der Waals surface area contributed by atoms with Crippen molar-refractivity contribution in [3.63, 3.8) is 0 Å². The molecule has 0 unspecified atom stereocenters. The maximum Gasteiger partial charge on any atom is 0.306 e. The van der Waals surface area contributed by atoms with Crippen molar-refractivity contribution in [1.29, 1.82) is 0 Å². The monoisotopic (exact) mass is 358 g/mol. The summed E-state index contributed by atoms with van der Waals surface area (Å²) in [6.45, 7) is 6.42. The molecule has 0 N–H and O–H groups in total. The van der Waals surface area contributed by atoms with Crippen molar-refractivity contribution in [2.75, 3.05) is 0 Å². The first kappa shape index (κ1) is 17.6. The number of nitrogens with zero attached hydrogens (tertiary/aromatic N) is 2. The van der Waals surface area contributed by atoms with E-state index in [1.165, 1.54) is 4.70 Å². The van der Waals surface area contributed by atoms with Gasteiger partial charge in [-0.25, -0.2) is 0 Å². The summed E-state index contributed by atoms with van der Waals surface area (Å²) in [5.74, 6) is 1.06. The highest BCUT2D eigenvalue weighted by molar-refractivity contribution is 7.17. The molecule has 3 rings (SSSR count). The Morgan fingerprint density at radius 2 is 2.08 bits per heavy atom. The minimum Gasteiger partial charge on any atom is -0.461 e. The van der Waals surface area contributed by atoms with E-state index in [1.807, 2.05) is 38.3 Å². The molecule has 0 saturated carbocycles. The van der Waals surface area contributed by atoms with Crippen LogP contribution in [0.15, 0.2) is 34.2 Å². The summed E-state index contributed by atoms with van der Waals surface area (Å²) < 4.78 is 11.8. The second-order valence-electron chi connectivity index (χ2n) is 7.03. The first-order chi connectivity index (χ1) is 11.9. The van der Waals surface area contributed by atoms with Crippen LogP contribution in [0.3, 0.4) is 0 Å². The number of benzene rings is 1. The van der Waals surface area contributed by atoms with Crippen LogP contribution < -0.4 is 0 Å². The molecule has 1 aromatic carbocycles. The normalized spacial score (nSPS) is 11.8. The molecule has 0 aliphatic carbocycles. The fourth-order valence-electron chi connectivity index (χ4n) is 2.42. The Kier molecular flexibility index (Phi) is 5.18. The van der Waals surface area contributed by atoms with E-state index >= 15 is 0 Å². The van der Waals surface area contributed by atoms with Gasteiger partial charge in [0.2, 0.25) is 5.89 Å². The van der Waals surface area contributed by atoms with Gasteiger partial charge in [-0.2, -0.15) is 4.98 Å². The van der Waals surface area contributed by atoms with Crippen LogP contribution in [0.4, 0.5) is 0 Å². The second-order valence-corrected chi connectivity index (χ2v) is 7.94. The molecule has 2 aromatic heterocycles. The van der Waals surface area contributed by atoms with Crippen molar-refractivity contribution in [3.05, 3.63) is 46.9 Å². The van der Waals surface area contributed by atoms with Gasteiger partial charge in [0, 0.05) is 28.5 Å². The van der Waals surface area contributed by atoms with E-state index in [-0.39, 0.29) is 11.4 Å². The molecule has 2 heterocycles. The third kappa shape index (κ3) is 4.45. The molecule has 0 atom stereocenters. The van der Waals surface area contributed by atoms with Gasteiger partial charge in [-0.15, -0.1) is 11.3 Å². The number of fused-ring (bicyclic) bond motifs is 1. The van der Waals surface area contributed by atoms with Crippen LogP contribution in [0.1, 0.15) is 50.9 Å². The van der Waals surface area contributed by atoms with Crippen molar-refractivity contribution in [1.82, 2.24) is 10.1 Å². The smallest absolute Gasteiger partial charge is 0.306 e. The van der Waals surface area contributed by atoms with Crippen LogP contribution in [-0.4, -0.2) is 16.1 Å². The van der Waals surface area contributed by atoms with Crippen LogP contribution in [0.25, 0.3) is 10.1 Å². The zero-order chi connectivity index (χ0) is 17.9. The third-order valence-electron chi connectivity index (χ3n) is 3.86. The summed E-state index contributed by atoms with van der Waals surface area (Å²) in [4.78, 5) is 16.3. The molecule has 0 amide bonds. The number of hydrogen-bond donors (Lipinski definition) is 0. The summed E-state index contributed by atoms with van der Waals surface area (Å²) in [6.07, 6.45) is 1.56. The van der Waals surface area contributed by atoms with Crippen LogP contribution in [0.5, 0.6) is 0 Å². The maximum atomic E-state index is 11.9. The van der Waals surface area contributed by atoms with Crippen molar-refractivity contribution >= 4 is 27.4 Å². The molecule has 132 valence electrons. The Morgan fingerprint density at radius 1 is 1.28 bits per heavy atom. The third-order valence-corrected chi connectivity index (χ3v) is 4.87. The molecule has 25 heavy (non-hydrogen) atoms. The zero-order valence-corrected chi connectivity index (χ0v) is 15.6. The molecule has 0 aliphatic rings. The molecule has 3 aromatic rings. The second kappa shape index (κ2) is 7.35. The number of aryl methyl sites for hydroxylation is 1. The predicted molar refractivity (Wildman–Crippen MR) is 97.6 cm³/mol. The van der Waals surface area contributed by atoms with Crippen LogP contribution in [0.2, 0.25) is 0 Å². The predicted octanol–water partition coefficient (Wildman–Crippen LogP) is 4.65. The lowest BCUT2D eigenvalue weighted by molar-refractivity contribution is -0.145. The van der Waals surface area contributed by atoms with Crippen LogP contribution in [0, 0.1) is 0 Å². The SMILES string of the molecule is CC(C)(C)c1noc(CCCC(=O)OCc2csc3ccccc23)n1. The largest absolute Gasteiger partial charge is 0.461 e. The Labute approximate surface area is 151 Å². The quantitative estimate of drug-likeness (QED) is 0.600.